The van der Waals surface area contributed by atoms with Gasteiger partial charge in [-0.2, -0.15) is 0 Å². The number of carbonyl (C=O) groups excluding carboxylic acids is 1. The number of carbonyl (C=O) groups is 1. The number of aromatic nitrogens is 1. The molecule has 0 saturated carbocycles. The van der Waals surface area contributed by atoms with E-state index in [0.29, 0.717) is 5.75 Å². The van der Waals surface area contributed by atoms with Crippen molar-refractivity contribution in [3.8, 4) is 0 Å². The van der Waals surface area contributed by atoms with Crippen LogP contribution >= 0.6 is 23.1 Å². The number of rotatable bonds is 3. The van der Waals surface area contributed by atoms with Crippen LogP contribution in [0.25, 0.3) is 0 Å². The van der Waals surface area contributed by atoms with Gasteiger partial charge in [0.2, 0.25) is 5.91 Å². The van der Waals surface area contributed by atoms with Crippen molar-refractivity contribution in [3.63, 3.8) is 0 Å². The van der Waals surface area contributed by atoms with Crippen LogP contribution in [0.15, 0.2) is 64.4 Å². The maximum absolute atomic E-state index is 13.2. The maximum atomic E-state index is 13.2. The molecule has 0 aliphatic carbocycles. The van der Waals surface area contributed by atoms with Crippen molar-refractivity contribution in [2.75, 3.05) is 11.1 Å². The summed E-state index contributed by atoms with van der Waals surface area (Å²) in [7, 11) is 0. The topological polar surface area (TPSA) is 62.0 Å². The summed E-state index contributed by atoms with van der Waals surface area (Å²) >= 11 is 2.77. The Bertz CT molecular complexity index is 1060. The number of anilines is 1. The van der Waals surface area contributed by atoms with Gasteiger partial charge in [0.1, 0.15) is 0 Å². The van der Waals surface area contributed by atoms with Crippen molar-refractivity contribution in [2.45, 2.75) is 37.1 Å². The Labute approximate surface area is 178 Å². The first-order valence-electron chi connectivity index (χ1n) is 9.65. The average Bonchev–Trinajstić information content (AvgIpc) is 3.07. The van der Waals surface area contributed by atoms with Gasteiger partial charge in [0, 0.05) is 22.2 Å². The van der Waals surface area contributed by atoms with Crippen LogP contribution in [0.1, 0.15) is 42.7 Å². The molecule has 2 aromatic carbocycles. The third-order valence-electron chi connectivity index (χ3n) is 5.25. The Balaban J connectivity index is 1.71. The molecule has 1 aliphatic heterocycles. The lowest BCUT2D eigenvalue weighted by atomic mass is 9.82. The molecule has 2 atom stereocenters. The summed E-state index contributed by atoms with van der Waals surface area (Å²) in [5.41, 5.74) is 3.18. The molecule has 0 radical (unpaired) electrons. The summed E-state index contributed by atoms with van der Waals surface area (Å²) in [6.07, 6.45) is 0. The molecule has 150 valence electrons. The summed E-state index contributed by atoms with van der Waals surface area (Å²) in [6, 6.07) is 18.0. The minimum absolute atomic E-state index is 0.0138. The zero-order chi connectivity index (χ0) is 20.6. The highest BCUT2D eigenvalue weighted by atomic mass is 32.2. The smallest absolute Gasteiger partial charge is 0.305 e. The molecule has 2 heterocycles. The molecule has 1 amide bonds. The van der Waals surface area contributed by atoms with Crippen LogP contribution in [0, 0.1) is 5.92 Å². The quantitative estimate of drug-likeness (QED) is 0.605. The van der Waals surface area contributed by atoms with Gasteiger partial charge in [0.15, 0.2) is 0 Å². The third-order valence-corrected chi connectivity index (χ3v) is 7.48. The molecular weight excluding hydrogens is 400 g/mol. The molecule has 0 spiro atoms. The molecule has 0 saturated heterocycles. The highest BCUT2D eigenvalue weighted by molar-refractivity contribution is 7.99. The van der Waals surface area contributed by atoms with Crippen molar-refractivity contribution in [1.29, 1.82) is 0 Å². The second-order valence-corrected chi connectivity index (χ2v) is 10.4. The molecule has 4 rings (SSSR count). The van der Waals surface area contributed by atoms with E-state index in [1.807, 2.05) is 30.3 Å². The SMILES string of the molecule is CC(C)(C)c1ccc([C@@H]2c3sc(=O)[nH]c3SC[C@@H]2C(=O)Nc2ccccc2)cc1. The first-order valence-corrected chi connectivity index (χ1v) is 11.5. The zero-order valence-electron chi connectivity index (χ0n) is 16.7. The van der Waals surface area contributed by atoms with Crippen LogP contribution in [0.5, 0.6) is 0 Å². The van der Waals surface area contributed by atoms with E-state index < -0.39 is 0 Å². The standard InChI is InChI=1S/C23H24N2O2S2/c1-23(2,3)15-11-9-14(10-12-15)18-17(13-28-21-19(18)29-22(27)25-21)20(26)24-16-7-5-4-6-8-16/h4-12,17-18H,13H2,1-3H3,(H,24,26)(H,25,27)/t17-,18-/m0/s1. The Kier molecular flexibility index (Phi) is 5.40. The predicted octanol–water partition coefficient (Wildman–Crippen LogP) is 5.23. The van der Waals surface area contributed by atoms with E-state index in [1.165, 1.54) is 16.9 Å². The molecule has 1 aliphatic rings. The highest BCUT2D eigenvalue weighted by Gasteiger charge is 2.38. The van der Waals surface area contributed by atoms with Crippen LogP contribution in [-0.4, -0.2) is 16.6 Å². The molecule has 3 aromatic rings. The lowest BCUT2D eigenvalue weighted by Crippen LogP contribution is -2.32. The number of hydrogen-bond acceptors (Lipinski definition) is 4. The fraction of sp³-hybridized carbons (Fsp3) is 0.304. The molecule has 2 N–H and O–H groups in total. The summed E-state index contributed by atoms with van der Waals surface area (Å²) in [4.78, 5) is 29.1. The van der Waals surface area contributed by atoms with Gasteiger partial charge in [-0.15, -0.1) is 11.8 Å². The average molecular weight is 425 g/mol. The summed E-state index contributed by atoms with van der Waals surface area (Å²) in [5.74, 6) is 0.233. The van der Waals surface area contributed by atoms with Crippen molar-refractivity contribution in [1.82, 2.24) is 4.98 Å². The van der Waals surface area contributed by atoms with E-state index in [4.69, 9.17) is 0 Å². The minimum atomic E-state index is -0.250. The number of aromatic amines is 1. The van der Waals surface area contributed by atoms with Crippen molar-refractivity contribution >= 4 is 34.7 Å². The zero-order valence-corrected chi connectivity index (χ0v) is 18.3. The Morgan fingerprint density at radius 1 is 1.07 bits per heavy atom. The molecule has 6 heteroatoms. The van der Waals surface area contributed by atoms with Gasteiger partial charge in [0.05, 0.1) is 10.9 Å². The van der Waals surface area contributed by atoms with E-state index >= 15 is 0 Å². The molecule has 29 heavy (non-hydrogen) atoms. The summed E-state index contributed by atoms with van der Waals surface area (Å²) in [6.45, 7) is 6.56. The monoisotopic (exact) mass is 424 g/mol. The second kappa shape index (κ2) is 7.84. The van der Waals surface area contributed by atoms with Gasteiger partial charge >= 0.3 is 4.87 Å². The van der Waals surface area contributed by atoms with Crippen LogP contribution in [-0.2, 0) is 10.2 Å². The van der Waals surface area contributed by atoms with Crippen LogP contribution in [0.2, 0.25) is 0 Å². The van der Waals surface area contributed by atoms with E-state index in [2.05, 4.69) is 55.3 Å². The number of thiazole rings is 1. The number of amides is 1. The van der Waals surface area contributed by atoms with Crippen molar-refractivity contribution in [2.24, 2.45) is 5.92 Å². The second-order valence-electron chi connectivity index (χ2n) is 8.33. The minimum Gasteiger partial charge on any atom is -0.326 e. The number of nitrogens with one attached hydrogen (secondary N) is 2. The first-order chi connectivity index (χ1) is 13.8. The molecule has 4 nitrogen and oxygen atoms in total. The van der Waals surface area contributed by atoms with Crippen molar-refractivity contribution < 1.29 is 4.79 Å². The van der Waals surface area contributed by atoms with Crippen LogP contribution in [0.3, 0.4) is 0 Å². The van der Waals surface area contributed by atoms with Gasteiger partial charge in [0.25, 0.3) is 0 Å². The Morgan fingerprint density at radius 2 is 1.76 bits per heavy atom. The van der Waals surface area contributed by atoms with E-state index in [-0.39, 0.29) is 28.0 Å². The molecular formula is C23H24N2O2S2. The largest absolute Gasteiger partial charge is 0.326 e. The van der Waals surface area contributed by atoms with Crippen LogP contribution < -0.4 is 10.2 Å². The highest BCUT2D eigenvalue weighted by Crippen LogP contribution is 2.45. The summed E-state index contributed by atoms with van der Waals surface area (Å²) < 4.78 is 0. The van der Waals surface area contributed by atoms with Gasteiger partial charge in [-0.25, -0.2) is 0 Å². The van der Waals surface area contributed by atoms with Gasteiger partial charge in [-0.3, -0.25) is 9.59 Å². The van der Waals surface area contributed by atoms with Gasteiger partial charge in [-0.1, -0.05) is 74.6 Å². The maximum Gasteiger partial charge on any atom is 0.305 e. The number of benzene rings is 2. The Hall–Kier alpha value is -2.31. The van der Waals surface area contributed by atoms with E-state index in [1.54, 1.807) is 11.8 Å². The fourth-order valence-electron chi connectivity index (χ4n) is 3.65. The Morgan fingerprint density at radius 3 is 2.41 bits per heavy atom. The molecule has 0 bridgehead atoms. The first kappa shape index (κ1) is 20.0. The van der Waals surface area contributed by atoms with E-state index in [0.717, 1.165) is 21.2 Å². The van der Waals surface area contributed by atoms with Crippen molar-refractivity contribution in [3.05, 3.63) is 80.3 Å². The van der Waals surface area contributed by atoms with E-state index in [9.17, 15) is 9.59 Å². The molecule has 0 fully saturated rings. The number of H-pyrrole nitrogens is 1. The lowest BCUT2D eigenvalue weighted by Gasteiger charge is -2.30. The van der Waals surface area contributed by atoms with Crippen LogP contribution in [0.4, 0.5) is 5.69 Å². The molecule has 1 aromatic heterocycles. The number of hydrogen-bond donors (Lipinski definition) is 2. The predicted molar refractivity (Wildman–Crippen MR) is 121 cm³/mol. The number of thioether (sulfide) groups is 1. The lowest BCUT2D eigenvalue weighted by molar-refractivity contribution is -0.119. The normalized spacial score (nSPS) is 18.9. The van der Waals surface area contributed by atoms with Gasteiger partial charge in [-0.05, 0) is 28.7 Å². The number of fused-ring (bicyclic) bond motifs is 1. The van der Waals surface area contributed by atoms with Gasteiger partial charge < -0.3 is 10.3 Å². The fourth-order valence-corrected chi connectivity index (χ4v) is 6.06. The third kappa shape index (κ3) is 4.19. The molecule has 0 unspecified atom stereocenters. The summed E-state index contributed by atoms with van der Waals surface area (Å²) in [5, 5.41) is 3.95. The number of para-hydroxylation sites is 1.